The monoisotopic (exact) mass is 258 g/mol. The molecule has 0 aromatic heterocycles. The van der Waals surface area contributed by atoms with E-state index in [0.29, 0.717) is 31.5 Å². The van der Waals surface area contributed by atoms with Gasteiger partial charge in [0.2, 0.25) is 0 Å². The van der Waals surface area contributed by atoms with Crippen molar-refractivity contribution in [1.29, 1.82) is 0 Å². The van der Waals surface area contributed by atoms with Gasteiger partial charge in [-0.2, -0.15) is 0 Å². The molecule has 5 nitrogen and oxygen atoms in total. The summed E-state index contributed by atoms with van der Waals surface area (Å²) in [6, 6.07) is 0.632. The molecule has 0 amide bonds. The summed E-state index contributed by atoms with van der Waals surface area (Å²) >= 11 is 0. The van der Waals surface area contributed by atoms with Crippen LogP contribution in [0.15, 0.2) is 0 Å². The normalized spacial score (nSPS) is 30.2. The summed E-state index contributed by atoms with van der Waals surface area (Å²) in [7, 11) is 5.17. The highest BCUT2D eigenvalue weighted by Crippen LogP contribution is 2.30. The van der Waals surface area contributed by atoms with Crippen molar-refractivity contribution in [2.24, 2.45) is 5.73 Å². The fraction of sp³-hybridized carbons (Fsp3) is 0.923. The SMILES string of the molecule is COCC(C)N(C)C1CCCC(N)(C(=O)OC)C1. The van der Waals surface area contributed by atoms with E-state index in [4.69, 9.17) is 15.2 Å². The van der Waals surface area contributed by atoms with Crippen LogP contribution >= 0.6 is 0 Å². The lowest BCUT2D eigenvalue weighted by molar-refractivity contribution is -0.149. The maximum absolute atomic E-state index is 11.8. The van der Waals surface area contributed by atoms with Crippen molar-refractivity contribution in [2.75, 3.05) is 27.9 Å². The lowest BCUT2D eigenvalue weighted by Gasteiger charge is -2.41. The lowest BCUT2D eigenvalue weighted by atomic mass is 9.79. The molecule has 0 aromatic carbocycles. The number of nitrogens with zero attached hydrogens (tertiary/aromatic N) is 1. The Labute approximate surface area is 110 Å². The molecule has 18 heavy (non-hydrogen) atoms. The molecule has 106 valence electrons. The minimum absolute atomic E-state index is 0.292. The number of esters is 1. The molecule has 1 aliphatic rings. The van der Waals surface area contributed by atoms with E-state index in [9.17, 15) is 4.79 Å². The van der Waals surface area contributed by atoms with Crippen LogP contribution in [0.25, 0.3) is 0 Å². The van der Waals surface area contributed by atoms with Crippen molar-refractivity contribution in [3.63, 3.8) is 0 Å². The van der Waals surface area contributed by atoms with Crippen LogP contribution < -0.4 is 5.73 Å². The van der Waals surface area contributed by atoms with E-state index in [1.54, 1.807) is 7.11 Å². The van der Waals surface area contributed by atoms with Crippen molar-refractivity contribution in [3.05, 3.63) is 0 Å². The molecule has 1 rings (SSSR count). The van der Waals surface area contributed by atoms with Gasteiger partial charge in [-0.1, -0.05) is 0 Å². The molecular formula is C13H26N2O3. The second-order valence-corrected chi connectivity index (χ2v) is 5.37. The predicted octanol–water partition coefficient (Wildman–Crippen LogP) is 0.766. The summed E-state index contributed by atoms with van der Waals surface area (Å²) in [5.41, 5.74) is 5.36. The van der Waals surface area contributed by atoms with E-state index >= 15 is 0 Å². The van der Waals surface area contributed by atoms with E-state index in [1.165, 1.54) is 7.11 Å². The van der Waals surface area contributed by atoms with Gasteiger partial charge in [0.15, 0.2) is 0 Å². The second kappa shape index (κ2) is 6.50. The highest BCUT2D eigenvalue weighted by Gasteiger charge is 2.41. The number of likely N-dealkylation sites (N-methyl/N-ethyl adjacent to an activating group) is 1. The first-order valence-corrected chi connectivity index (χ1v) is 6.52. The second-order valence-electron chi connectivity index (χ2n) is 5.37. The Kier molecular flexibility index (Phi) is 5.56. The van der Waals surface area contributed by atoms with Crippen LogP contribution in [-0.4, -0.2) is 56.4 Å². The zero-order valence-corrected chi connectivity index (χ0v) is 11.9. The summed E-state index contributed by atoms with van der Waals surface area (Å²) in [6.45, 7) is 2.80. The van der Waals surface area contributed by atoms with Crippen LogP contribution in [-0.2, 0) is 14.3 Å². The minimum atomic E-state index is -0.821. The maximum atomic E-state index is 11.8. The average Bonchev–Trinajstić information content (AvgIpc) is 2.37. The van der Waals surface area contributed by atoms with E-state index in [-0.39, 0.29) is 5.97 Å². The number of methoxy groups -OCH3 is 2. The molecule has 1 saturated carbocycles. The molecule has 0 aliphatic heterocycles. The van der Waals surface area contributed by atoms with Crippen molar-refractivity contribution in [2.45, 2.75) is 50.2 Å². The van der Waals surface area contributed by atoms with Gasteiger partial charge in [0.25, 0.3) is 0 Å². The molecule has 0 radical (unpaired) electrons. The van der Waals surface area contributed by atoms with Gasteiger partial charge in [-0.15, -0.1) is 0 Å². The Morgan fingerprint density at radius 1 is 1.56 bits per heavy atom. The zero-order chi connectivity index (χ0) is 13.8. The van der Waals surface area contributed by atoms with Gasteiger partial charge in [0, 0.05) is 19.2 Å². The Bertz CT molecular complexity index is 285. The van der Waals surface area contributed by atoms with Gasteiger partial charge in [-0.25, -0.2) is 0 Å². The van der Waals surface area contributed by atoms with Crippen LogP contribution in [0, 0.1) is 0 Å². The summed E-state index contributed by atoms with van der Waals surface area (Å²) in [5, 5.41) is 0. The molecule has 1 fully saturated rings. The van der Waals surface area contributed by atoms with E-state index < -0.39 is 5.54 Å². The molecule has 0 saturated heterocycles. The molecule has 0 heterocycles. The molecule has 1 aliphatic carbocycles. The van der Waals surface area contributed by atoms with Gasteiger partial charge in [-0.05, 0) is 39.7 Å². The third kappa shape index (κ3) is 3.43. The van der Waals surface area contributed by atoms with Crippen LogP contribution in [0.5, 0.6) is 0 Å². The largest absolute Gasteiger partial charge is 0.468 e. The molecule has 3 unspecified atom stereocenters. The predicted molar refractivity (Wildman–Crippen MR) is 70.3 cm³/mol. The number of hydrogen-bond acceptors (Lipinski definition) is 5. The standard InChI is InChI=1S/C13H26N2O3/c1-10(9-17-3)15(2)11-6-5-7-13(14,8-11)12(16)18-4/h10-11H,5-9,14H2,1-4H3. The molecular weight excluding hydrogens is 232 g/mol. The smallest absolute Gasteiger partial charge is 0.325 e. The van der Waals surface area contributed by atoms with Crippen molar-refractivity contribution >= 4 is 5.97 Å². The van der Waals surface area contributed by atoms with Crippen molar-refractivity contribution in [3.8, 4) is 0 Å². The summed E-state index contributed by atoms with van der Waals surface area (Å²) in [6.07, 6.45) is 3.40. The third-order valence-corrected chi connectivity index (χ3v) is 4.03. The van der Waals surface area contributed by atoms with Gasteiger partial charge >= 0.3 is 5.97 Å². The molecule has 0 bridgehead atoms. The fourth-order valence-corrected chi connectivity index (χ4v) is 2.73. The van der Waals surface area contributed by atoms with Crippen LogP contribution in [0.3, 0.4) is 0 Å². The number of carbonyl (C=O) groups is 1. The Morgan fingerprint density at radius 3 is 2.78 bits per heavy atom. The number of ether oxygens (including phenoxy) is 2. The Balaban J connectivity index is 2.66. The topological polar surface area (TPSA) is 64.8 Å². The fourth-order valence-electron chi connectivity index (χ4n) is 2.73. The summed E-state index contributed by atoms with van der Waals surface area (Å²) < 4.78 is 9.99. The molecule has 0 aromatic rings. The lowest BCUT2D eigenvalue weighted by Crippen LogP contribution is -2.57. The Morgan fingerprint density at radius 2 is 2.22 bits per heavy atom. The Hall–Kier alpha value is -0.650. The van der Waals surface area contributed by atoms with Gasteiger partial charge in [0.05, 0.1) is 13.7 Å². The number of hydrogen-bond donors (Lipinski definition) is 1. The van der Waals surface area contributed by atoms with Gasteiger partial charge in [0.1, 0.15) is 5.54 Å². The van der Waals surface area contributed by atoms with E-state index in [0.717, 1.165) is 12.8 Å². The molecule has 3 atom stereocenters. The first-order chi connectivity index (χ1) is 8.44. The third-order valence-electron chi connectivity index (χ3n) is 4.03. The molecule has 2 N–H and O–H groups in total. The first-order valence-electron chi connectivity index (χ1n) is 6.52. The number of nitrogens with two attached hydrogens (primary N) is 1. The quantitative estimate of drug-likeness (QED) is 0.738. The van der Waals surface area contributed by atoms with Crippen LogP contribution in [0.4, 0.5) is 0 Å². The number of rotatable bonds is 5. The first kappa shape index (κ1) is 15.4. The van der Waals surface area contributed by atoms with E-state index in [2.05, 4.69) is 18.9 Å². The maximum Gasteiger partial charge on any atom is 0.325 e. The van der Waals surface area contributed by atoms with E-state index in [1.807, 2.05) is 0 Å². The van der Waals surface area contributed by atoms with Crippen LogP contribution in [0.2, 0.25) is 0 Å². The highest BCUT2D eigenvalue weighted by atomic mass is 16.5. The summed E-state index contributed by atoms with van der Waals surface area (Å²) in [4.78, 5) is 14.0. The van der Waals surface area contributed by atoms with Crippen LogP contribution in [0.1, 0.15) is 32.6 Å². The van der Waals surface area contributed by atoms with Crippen molar-refractivity contribution < 1.29 is 14.3 Å². The zero-order valence-electron chi connectivity index (χ0n) is 11.9. The highest BCUT2D eigenvalue weighted by molar-refractivity contribution is 5.80. The summed E-state index contributed by atoms with van der Waals surface area (Å²) in [5.74, 6) is -0.292. The van der Waals surface area contributed by atoms with Crippen molar-refractivity contribution in [1.82, 2.24) is 4.90 Å². The molecule has 5 heteroatoms. The number of carbonyl (C=O) groups excluding carboxylic acids is 1. The van der Waals surface area contributed by atoms with Gasteiger partial charge in [-0.3, -0.25) is 9.69 Å². The van der Waals surface area contributed by atoms with Gasteiger partial charge < -0.3 is 15.2 Å². The molecule has 0 spiro atoms. The average molecular weight is 258 g/mol. The minimum Gasteiger partial charge on any atom is -0.468 e.